The Morgan fingerprint density at radius 2 is 2.09 bits per heavy atom. The van der Waals surface area contributed by atoms with Crippen LogP contribution in [0.3, 0.4) is 0 Å². The smallest absolute Gasteiger partial charge is 0.287 e. The number of nitrogens with one attached hydrogen (secondary N) is 1. The number of fused-ring (bicyclic) bond motifs is 1. The van der Waals surface area contributed by atoms with Gasteiger partial charge in [0.1, 0.15) is 5.58 Å². The van der Waals surface area contributed by atoms with Crippen LogP contribution in [0, 0.1) is 6.92 Å². The molecule has 0 spiro atoms. The highest BCUT2D eigenvalue weighted by Crippen LogP contribution is 2.29. The molecule has 1 aliphatic heterocycles. The van der Waals surface area contributed by atoms with Gasteiger partial charge in [0.05, 0.1) is 11.6 Å². The highest BCUT2D eigenvalue weighted by atomic mass is 16.5. The number of hydrogen-bond acceptors (Lipinski definition) is 4. The summed E-state index contributed by atoms with van der Waals surface area (Å²) in [6.07, 6.45) is 1.54. The second kappa shape index (κ2) is 6.34. The van der Waals surface area contributed by atoms with Crippen LogP contribution < -0.4 is 5.32 Å². The minimum Gasteiger partial charge on any atom is -0.451 e. The summed E-state index contributed by atoms with van der Waals surface area (Å²) in [6, 6.07) is 7.48. The second-order valence-electron chi connectivity index (χ2n) is 6.17. The fourth-order valence-electron chi connectivity index (χ4n) is 3.25. The molecular weight excluding hydrogens is 294 g/mol. The van der Waals surface area contributed by atoms with Gasteiger partial charge in [0.2, 0.25) is 0 Å². The van der Waals surface area contributed by atoms with Gasteiger partial charge in [-0.05, 0) is 31.5 Å². The van der Waals surface area contributed by atoms with Crippen molar-refractivity contribution < 1.29 is 18.7 Å². The number of carbonyl (C=O) groups excluding carboxylic acids is 1. The summed E-state index contributed by atoms with van der Waals surface area (Å²) in [5, 5.41) is 4.00. The van der Waals surface area contributed by atoms with Gasteiger partial charge in [0, 0.05) is 38.6 Å². The van der Waals surface area contributed by atoms with Gasteiger partial charge in [-0.3, -0.25) is 4.79 Å². The first-order valence-electron chi connectivity index (χ1n) is 7.99. The first-order valence-corrected chi connectivity index (χ1v) is 7.99. The van der Waals surface area contributed by atoms with Crippen molar-refractivity contribution in [3.05, 3.63) is 35.6 Å². The molecule has 0 radical (unpaired) electrons. The van der Waals surface area contributed by atoms with Crippen molar-refractivity contribution in [2.24, 2.45) is 0 Å². The first kappa shape index (κ1) is 16.0. The van der Waals surface area contributed by atoms with Gasteiger partial charge in [-0.2, -0.15) is 0 Å². The molecule has 1 saturated heterocycles. The van der Waals surface area contributed by atoms with E-state index >= 15 is 0 Å². The molecule has 1 aromatic heterocycles. The van der Waals surface area contributed by atoms with Gasteiger partial charge in [-0.25, -0.2) is 0 Å². The number of furan rings is 1. The van der Waals surface area contributed by atoms with Crippen molar-refractivity contribution in [3.8, 4) is 0 Å². The Balaban J connectivity index is 1.78. The minimum atomic E-state index is -0.379. The third-order valence-electron chi connectivity index (χ3n) is 4.89. The van der Waals surface area contributed by atoms with Crippen molar-refractivity contribution in [1.82, 2.24) is 5.32 Å². The molecular formula is C18H23NO4. The zero-order chi connectivity index (χ0) is 16.4. The fourth-order valence-corrected chi connectivity index (χ4v) is 3.25. The van der Waals surface area contributed by atoms with Crippen LogP contribution in [-0.2, 0) is 9.47 Å². The molecule has 2 aromatic rings. The lowest BCUT2D eigenvalue weighted by Gasteiger charge is -2.40. The van der Waals surface area contributed by atoms with E-state index in [1.807, 2.05) is 32.0 Å². The minimum absolute atomic E-state index is 0.127. The van der Waals surface area contributed by atoms with Crippen LogP contribution in [0.15, 0.2) is 28.7 Å². The Morgan fingerprint density at radius 3 is 2.74 bits per heavy atom. The van der Waals surface area contributed by atoms with Crippen LogP contribution in [0.1, 0.15) is 35.9 Å². The van der Waals surface area contributed by atoms with Crippen LogP contribution >= 0.6 is 0 Å². The summed E-state index contributed by atoms with van der Waals surface area (Å²) >= 11 is 0. The zero-order valence-electron chi connectivity index (χ0n) is 13.8. The maximum absolute atomic E-state index is 12.5. The number of hydrogen-bond donors (Lipinski definition) is 1. The molecule has 23 heavy (non-hydrogen) atoms. The molecule has 124 valence electrons. The Bertz CT molecular complexity index is 700. The van der Waals surface area contributed by atoms with Gasteiger partial charge >= 0.3 is 0 Å². The largest absolute Gasteiger partial charge is 0.451 e. The van der Waals surface area contributed by atoms with E-state index in [0.717, 1.165) is 29.4 Å². The number of benzene rings is 1. The number of methoxy groups -OCH3 is 1. The molecule has 2 heterocycles. The van der Waals surface area contributed by atoms with Crippen molar-refractivity contribution in [1.29, 1.82) is 0 Å². The normalized spacial score (nSPS) is 18.7. The number of rotatable bonds is 4. The van der Waals surface area contributed by atoms with E-state index in [1.54, 1.807) is 13.2 Å². The molecule has 1 amide bonds. The lowest BCUT2D eigenvalue weighted by molar-refractivity contribution is -0.105. The summed E-state index contributed by atoms with van der Waals surface area (Å²) < 4.78 is 16.8. The molecule has 5 heteroatoms. The van der Waals surface area contributed by atoms with Gasteiger partial charge < -0.3 is 19.2 Å². The van der Waals surface area contributed by atoms with E-state index in [9.17, 15) is 4.79 Å². The van der Waals surface area contributed by atoms with Crippen LogP contribution in [0.2, 0.25) is 0 Å². The van der Waals surface area contributed by atoms with Crippen molar-refractivity contribution >= 4 is 16.9 Å². The molecule has 1 aromatic carbocycles. The van der Waals surface area contributed by atoms with E-state index in [4.69, 9.17) is 13.9 Å². The number of carbonyl (C=O) groups is 1. The summed E-state index contributed by atoms with van der Waals surface area (Å²) in [4.78, 5) is 12.5. The number of amides is 1. The Labute approximate surface area is 135 Å². The number of ether oxygens (including phenoxy) is 2. The molecule has 1 N–H and O–H groups in total. The third-order valence-corrected chi connectivity index (χ3v) is 4.89. The van der Waals surface area contributed by atoms with Crippen LogP contribution in [0.4, 0.5) is 0 Å². The summed E-state index contributed by atoms with van der Waals surface area (Å²) in [5.74, 6) is 0.121. The lowest BCUT2D eigenvalue weighted by Crippen LogP contribution is -2.54. The Kier molecular flexibility index (Phi) is 4.41. The van der Waals surface area contributed by atoms with Gasteiger partial charge in [-0.15, -0.1) is 0 Å². The van der Waals surface area contributed by atoms with E-state index in [1.165, 1.54) is 0 Å². The maximum atomic E-state index is 12.5. The maximum Gasteiger partial charge on any atom is 0.287 e. The first-order chi connectivity index (χ1) is 11.1. The van der Waals surface area contributed by atoms with Crippen LogP contribution in [0.5, 0.6) is 0 Å². The fraction of sp³-hybridized carbons (Fsp3) is 0.500. The lowest BCUT2D eigenvalue weighted by atomic mass is 9.87. The van der Waals surface area contributed by atoms with Gasteiger partial charge in [0.25, 0.3) is 5.91 Å². The third kappa shape index (κ3) is 2.99. The SMILES string of the molecule is COC1(C(C)NC(=O)c2cc3c(C)cccc3o2)CCOCC1. The average Bonchev–Trinajstić information content (AvgIpc) is 3.01. The van der Waals surface area contributed by atoms with Crippen LogP contribution in [-0.4, -0.2) is 37.9 Å². The predicted molar refractivity (Wildman–Crippen MR) is 87.7 cm³/mol. The second-order valence-corrected chi connectivity index (χ2v) is 6.17. The standard InChI is InChI=1S/C18H23NO4/c1-12-5-4-6-15-14(12)11-16(23-15)17(20)19-13(2)18(21-3)7-9-22-10-8-18/h4-6,11,13H,7-10H2,1-3H3,(H,19,20). The van der Waals surface area contributed by atoms with Crippen LogP contribution in [0.25, 0.3) is 11.0 Å². The molecule has 1 unspecified atom stereocenters. The zero-order valence-corrected chi connectivity index (χ0v) is 13.8. The highest BCUT2D eigenvalue weighted by molar-refractivity contribution is 5.97. The summed E-state index contributed by atoms with van der Waals surface area (Å²) in [6.45, 7) is 5.28. The van der Waals surface area contributed by atoms with Crippen molar-refractivity contribution in [3.63, 3.8) is 0 Å². The Morgan fingerprint density at radius 1 is 1.35 bits per heavy atom. The van der Waals surface area contributed by atoms with Gasteiger partial charge in [-0.1, -0.05) is 12.1 Å². The van der Waals surface area contributed by atoms with Crippen molar-refractivity contribution in [2.75, 3.05) is 20.3 Å². The van der Waals surface area contributed by atoms with E-state index < -0.39 is 0 Å². The Hall–Kier alpha value is -1.85. The van der Waals surface area contributed by atoms with E-state index in [-0.39, 0.29) is 17.6 Å². The molecule has 0 aliphatic carbocycles. The monoisotopic (exact) mass is 317 g/mol. The average molecular weight is 317 g/mol. The van der Waals surface area contributed by atoms with E-state index in [0.29, 0.717) is 19.0 Å². The quantitative estimate of drug-likeness (QED) is 0.941. The highest BCUT2D eigenvalue weighted by Gasteiger charge is 2.39. The molecule has 0 bridgehead atoms. The molecule has 1 aliphatic rings. The summed E-state index contributed by atoms with van der Waals surface area (Å²) in [5.41, 5.74) is 1.45. The van der Waals surface area contributed by atoms with E-state index in [2.05, 4.69) is 5.32 Å². The number of aryl methyl sites for hydroxylation is 1. The van der Waals surface area contributed by atoms with Crippen molar-refractivity contribution in [2.45, 2.75) is 38.3 Å². The predicted octanol–water partition coefficient (Wildman–Crippen LogP) is 3.06. The van der Waals surface area contributed by atoms with Gasteiger partial charge in [0.15, 0.2) is 5.76 Å². The summed E-state index contributed by atoms with van der Waals surface area (Å²) in [7, 11) is 1.69. The molecule has 5 nitrogen and oxygen atoms in total. The topological polar surface area (TPSA) is 60.7 Å². The molecule has 1 atom stereocenters. The molecule has 3 rings (SSSR count). The molecule has 0 saturated carbocycles. The molecule has 1 fully saturated rings.